The second-order valence-corrected chi connectivity index (χ2v) is 5.24. The van der Waals surface area contributed by atoms with Crippen LogP contribution in [-0.4, -0.2) is 54.7 Å². The summed E-state index contributed by atoms with van der Waals surface area (Å²) in [6, 6.07) is 0.469. The number of hydrogen-bond acceptors (Lipinski definition) is 6. The molecule has 2 bridgehead atoms. The van der Waals surface area contributed by atoms with Gasteiger partial charge in [0, 0.05) is 19.6 Å². The van der Waals surface area contributed by atoms with E-state index in [0.717, 1.165) is 24.1 Å². The van der Waals surface area contributed by atoms with E-state index in [1.165, 1.54) is 25.9 Å². The van der Waals surface area contributed by atoms with Crippen molar-refractivity contribution in [3.05, 3.63) is 6.33 Å². The minimum absolute atomic E-state index is 0.469. The van der Waals surface area contributed by atoms with Crippen molar-refractivity contribution >= 4 is 11.6 Å². The number of nitrogens with one attached hydrogen (secondary N) is 2. The molecule has 3 aliphatic rings. The summed E-state index contributed by atoms with van der Waals surface area (Å²) in [5.74, 6) is 2.96. The van der Waals surface area contributed by atoms with E-state index in [1.54, 1.807) is 13.4 Å². The van der Waals surface area contributed by atoms with Crippen molar-refractivity contribution in [3.8, 4) is 5.75 Å². The molecule has 6 nitrogen and oxygen atoms in total. The Bertz CT molecular complexity index is 445. The van der Waals surface area contributed by atoms with Gasteiger partial charge in [0.1, 0.15) is 6.33 Å². The van der Waals surface area contributed by atoms with Gasteiger partial charge in [-0.15, -0.1) is 0 Å². The van der Waals surface area contributed by atoms with Gasteiger partial charge in [0.05, 0.1) is 7.11 Å². The van der Waals surface area contributed by atoms with Gasteiger partial charge < -0.3 is 20.3 Å². The normalized spacial score (nSPS) is 29.1. The summed E-state index contributed by atoms with van der Waals surface area (Å²) in [6.07, 6.45) is 4.13. The molecule has 1 aromatic rings. The van der Waals surface area contributed by atoms with Crippen LogP contribution in [0.2, 0.25) is 0 Å². The maximum atomic E-state index is 5.43. The monoisotopic (exact) mass is 263 g/mol. The van der Waals surface area contributed by atoms with Crippen LogP contribution < -0.4 is 15.4 Å². The first-order chi connectivity index (χ1) is 9.31. The highest BCUT2D eigenvalue weighted by Gasteiger charge is 2.34. The lowest BCUT2D eigenvalue weighted by Gasteiger charge is -2.45. The smallest absolute Gasteiger partial charge is 0.204 e. The molecule has 0 aliphatic carbocycles. The predicted octanol–water partition coefficient (Wildman–Crippen LogP) is 1.03. The summed E-state index contributed by atoms with van der Waals surface area (Å²) in [5.41, 5.74) is 0. The van der Waals surface area contributed by atoms with E-state index in [0.29, 0.717) is 11.8 Å². The van der Waals surface area contributed by atoms with Crippen LogP contribution in [0, 0.1) is 5.92 Å². The fourth-order valence-electron chi connectivity index (χ4n) is 3.15. The molecule has 2 N–H and O–H groups in total. The van der Waals surface area contributed by atoms with Gasteiger partial charge in [-0.1, -0.05) is 0 Å². The van der Waals surface area contributed by atoms with E-state index in [1.807, 2.05) is 7.05 Å². The third-order valence-electron chi connectivity index (χ3n) is 4.22. The van der Waals surface area contributed by atoms with Crippen LogP contribution in [0.3, 0.4) is 0 Å². The lowest BCUT2D eigenvalue weighted by molar-refractivity contribution is 0.0972. The van der Waals surface area contributed by atoms with Crippen LogP contribution >= 0.6 is 0 Å². The van der Waals surface area contributed by atoms with Gasteiger partial charge >= 0.3 is 0 Å². The van der Waals surface area contributed by atoms with Crippen LogP contribution in [0.1, 0.15) is 12.8 Å². The van der Waals surface area contributed by atoms with E-state index in [-0.39, 0.29) is 0 Å². The van der Waals surface area contributed by atoms with Crippen LogP contribution in [0.25, 0.3) is 0 Å². The molecule has 0 spiro atoms. The van der Waals surface area contributed by atoms with Crippen LogP contribution in [0.4, 0.5) is 11.6 Å². The zero-order valence-corrected chi connectivity index (χ0v) is 11.5. The molecule has 3 fully saturated rings. The Hall–Kier alpha value is -1.56. The molecule has 0 amide bonds. The number of fused-ring (bicyclic) bond motifs is 3. The van der Waals surface area contributed by atoms with Crippen molar-refractivity contribution in [2.24, 2.45) is 5.92 Å². The van der Waals surface area contributed by atoms with E-state index in [2.05, 4.69) is 25.5 Å². The fraction of sp³-hybridized carbons (Fsp3) is 0.692. The van der Waals surface area contributed by atoms with Crippen LogP contribution in [0.15, 0.2) is 6.33 Å². The average molecular weight is 263 g/mol. The molecule has 0 radical (unpaired) electrons. The van der Waals surface area contributed by atoms with E-state index >= 15 is 0 Å². The number of piperidine rings is 3. The molecule has 1 aromatic heterocycles. The Balaban J connectivity index is 1.79. The standard InChI is InChI=1S/C13H21N5O/c1-14-12-11(19-2)13(16-8-15-12)17-10-7-18-5-3-9(10)4-6-18/h8-10H,3-7H2,1-2H3,(H2,14,15,16,17). The molecule has 4 heterocycles. The van der Waals surface area contributed by atoms with Crippen molar-refractivity contribution in [2.75, 3.05) is 44.4 Å². The molecule has 0 saturated carbocycles. The lowest BCUT2D eigenvalue weighted by Crippen LogP contribution is -2.53. The summed E-state index contributed by atoms with van der Waals surface area (Å²) >= 11 is 0. The molecule has 19 heavy (non-hydrogen) atoms. The number of ether oxygens (including phenoxy) is 1. The summed E-state index contributed by atoms with van der Waals surface area (Å²) < 4.78 is 5.43. The van der Waals surface area contributed by atoms with Crippen molar-refractivity contribution in [3.63, 3.8) is 0 Å². The van der Waals surface area contributed by atoms with E-state index in [9.17, 15) is 0 Å². The minimum Gasteiger partial charge on any atom is -0.490 e. The van der Waals surface area contributed by atoms with Crippen LogP contribution in [0.5, 0.6) is 5.75 Å². The molecular formula is C13H21N5O. The maximum Gasteiger partial charge on any atom is 0.204 e. The quantitative estimate of drug-likeness (QED) is 0.846. The fourth-order valence-corrected chi connectivity index (χ4v) is 3.15. The Labute approximate surface area is 113 Å². The molecular weight excluding hydrogens is 242 g/mol. The number of hydrogen-bond donors (Lipinski definition) is 2. The van der Waals surface area contributed by atoms with Gasteiger partial charge in [0.25, 0.3) is 0 Å². The first-order valence-electron chi connectivity index (χ1n) is 6.87. The molecule has 3 aliphatic heterocycles. The van der Waals surface area contributed by atoms with Gasteiger partial charge in [0.15, 0.2) is 11.6 Å². The van der Waals surface area contributed by atoms with E-state index < -0.39 is 0 Å². The topological polar surface area (TPSA) is 62.3 Å². The minimum atomic E-state index is 0.469. The second-order valence-electron chi connectivity index (χ2n) is 5.24. The Morgan fingerprint density at radius 1 is 1.26 bits per heavy atom. The number of rotatable bonds is 4. The third kappa shape index (κ3) is 2.32. The van der Waals surface area contributed by atoms with Gasteiger partial charge in [-0.25, -0.2) is 9.97 Å². The summed E-state index contributed by atoms with van der Waals surface area (Å²) in [4.78, 5) is 11.0. The Morgan fingerprint density at radius 3 is 2.58 bits per heavy atom. The highest BCUT2D eigenvalue weighted by Crippen LogP contribution is 2.33. The zero-order valence-electron chi connectivity index (χ0n) is 11.5. The third-order valence-corrected chi connectivity index (χ3v) is 4.22. The Morgan fingerprint density at radius 2 is 2.00 bits per heavy atom. The SMILES string of the molecule is CNc1ncnc(NC2CN3CCC2CC3)c1OC. The highest BCUT2D eigenvalue weighted by molar-refractivity contribution is 5.63. The van der Waals surface area contributed by atoms with Gasteiger partial charge in [-0.2, -0.15) is 0 Å². The second kappa shape index (κ2) is 5.21. The number of methoxy groups -OCH3 is 1. The molecule has 1 unspecified atom stereocenters. The van der Waals surface area contributed by atoms with Gasteiger partial charge in [-0.3, -0.25) is 0 Å². The highest BCUT2D eigenvalue weighted by atomic mass is 16.5. The van der Waals surface area contributed by atoms with Gasteiger partial charge in [0.2, 0.25) is 5.75 Å². The summed E-state index contributed by atoms with van der Waals surface area (Å²) in [7, 11) is 3.49. The average Bonchev–Trinajstić information content (AvgIpc) is 2.48. The maximum absolute atomic E-state index is 5.43. The first-order valence-corrected chi connectivity index (χ1v) is 6.87. The summed E-state index contributed by atoms with van der Waals surface area (Å²) in [6.45, 7) is 3.59. The van der Waals surface area contributed by atoms with Gasteiger partial charge in [-0.05, 0) is 31.8 Å². The van der Waals surface area contributed by atoms with E-state index in [4.69, 9.17) is 4.74 Å². The lowest BCUT2D eigenvalue weighted by atomic mass is 9.84. The van der Waals surface area contributed by atoms with Crippen molar-refractivity contribution in [1.82, 2.24) is 14.9 Å². The molecule has 104 valence electrons. The largest absolute Gasteiger partial charge is 0.490 e. The number of anilines is 2. The van der Waals surface area contributed by atoms with Crippen molar-refractivity contribution in [1.29, 1.82) is 0 Å². The Kier molecular flexibility index (Phi) is 3.42. The first kappa shape index (κ1) is 12.5. The molecule has 1 atom stereocenters. The molecule has 0 aromatic carbocycles. The summed E-state index contributed by atoms with van der Waals surface area (Å²) in [5, 5.41) is 6.58. The predicted molar refractivity (Wildman–Crippen MR) is 74.7 cm³/mol. The van der Waals surface area contributed by atoms with Crippen molar-refractivity contribution in [2.45, 2.75) is 18.9 Å². The molecule has 4 rings (SSSR count). The number of nitrogens with zero attached hydrogens (tertiary/aromatic N) is 3. The zero-order chi connectivity index (χ0) is 13.2. The molecule has 3 saturated heterocycles. The van der Waals surface area contributed by atoms with Crippen LogP contribution in [-0.2, 0) is 0 Å². The van der Waals surface area contributed by atoms with Crippen molar-refractivity contribution < 1.29 is 4.74 Å². The number of aromatic nitrogens is 2. The molecule has 6 heteroatoms.